The Morgan fingerprint density at radius 3 is 2.76 bits per heavy atom. The molecule has 1 aliphatic heterocycles. The molecule has 0 fully saturated rings. The Morgan fingerprint density at radius 2 is 1.97 bits per heavy atom. The number of carbonyl (C=O) groups excluding carboxylic acids is 1. The summed E-state index contributed by atoms with van der Waals surface area (Å²) in [6.45, 7) is 0. The maximum atomic E-state index is 13.1. The van der Waals surface area contributed by atoms with Crippen LogP contribution in [0.2, 0.25) is 0 Å². The molecule has 2 aromatic carbocycles. The number of benzene rings is 2. The van der Waals surface area contributed by atoms with Gasteiger partial charge in [-0.25, -0.2) is 0 Å². The minimum atomic E-state index is 0.00640. The molecule has 5 rings (SSSR count). The van der Waals surface area contributed by atoms with Crippen LogP contribution in [0.25, 0.3) is 0 Å². The molecular weight excluding hydrogens is 358 g/mol. The van der Waals surface area contributed by atoms with Crippen LogP contribution in [0.1, 0.15) is 39.9 Å². The molecule has 0 saturated carbocycles. The second kappa shape index (κ2) is 7.21. The molecule has 3 unspecified atom stereocenters. The second-order valence-corrected chi connectivity index (χ2v) is 7.76. The van der Waals surface area contributed by atoms with Crippen LogP contribution in [0.3, 0.4) is 0 Å². The van der Waals surface area contributed by atoms with Crippen molar-refractivity contribution in [2.45, 2.75) is 18.4 Å². The highest BCUT2D eigenvalue weighted by atomic mass is 16.2. The van der Waals surface area contributed by atoms with E-state index in [2.05, 4.69) is 34.6 Å². The Labute approximate surface area is 170 Å². The molecule has 0 radical (unpaired) electrons. The third-order valence-corrected chi connectivity index (χ3v) is 6.10. The summed E-state index contributed by atoms with van der Waals surface area (Å²) in [4.78, 5) is 19.1. The number of carbonyl (C=O) groups is 1. The minimum absolute atomic E-state index is 0.00640. The zero-order chi connectivity index (χ0) is 19.8. The van der Waals surface area contributed by atoms with Crippen molar-refractivity contribution in [3.05, 3.63) is 102 Å². The fraction of sp³-hybridized carbons (Fsp3) is 0.200. The Hall–Kier alpha value is -3.40. The van der Waals surface area contributed by atoms with Crippen molar-refractivity contribution in [1.82, 2.24) is 4.98 Å². The number of hydrogen-bond acceptors (Lipinski definition) is 3. The molecule has 29 heavy (non-hydrogen) atoms. The van der Waals surface area contributed by atoms with Crippen molar-refractivity contribution in [2.24, 2.45) is 5.92 Å². The van der Waals surface area contributed by atoms with Gasteiger partial charge in [0.15, 0.2) is 0 Å². The molecule has 4 nitrogen and oxygen atoms in total. The van der Waals surface area contributed by atoms with Crippen molar-refractivity contribution in [3.63, 3.8) is 0 Å². The third-order valence-electron chi connectivity index (χ3n) is 6.10. The van der Waals surface area contributed by atoms with Crippen LogP contribution >= 0.6 is 0 Å². The number of fused-ring (bicyclic) bond motifs is 3. The van der Waals surface area contributed by atoms with Crippen LogP contribution in [-0.4, -0.2) is 17.9 Å². The van der Waals surface area contributed by atoms with Crippen LogP contribution in [0, 0.1) is 5.92 Å². The van der Waals surface area contributed by atoms with Gasteiger partial charge < -0.3 is 10.2 Å². The van der Waals surface area contributed by atoms with E-state index in [1.54, 1.807) is 4.90 Å². The molecular formula is C25H23N3O. The fourth-order valence-electron chi connectivity index (χ4n) is 4.58. The number of para-hydroxylation sites is 1. The maximum Gasteiger partial charge on any atom is 0.258 e. The van der Waals surface area contributed by atoms with Gasteiger partial charge in [0.25, 0.3) is 5.91 Å². The lowest BCUT2D eigenvalue weighted by Gasteiger charge is -2.37. The molecule has 1 aromatic heterocycles. The molecule has 4 heteroatoms. The highest BCUT2D eigenvalue weighted by molar-refractivity contribution is 6.06. The molecule has 2 aliphatic rings. The van der Waals surface area contributed by atoms with E-state index in [1.807, 2.05) is 68.0 Å². The highest BCUT2D eigenvalue weighted by Crippen LogP contribution is 2.49. The van der Waals surface area contributed by atoms with Crippen LogP contribution in [0.5, 0.6) is 0 Å². The van der Waals surface area contributed by atoms with Gasteiger partial charge in [-0.3, -0.25) is 9.78 Å². The number of allylic oxidation sites excluding steroid dienone is 2. The van der Waals surface area contributed by atoms with Crippen LogP contribution in [0.4, 0.5) is 11.4 Å². The number of aromatic nitrogens is 1. The Bertz CT molecular complexity index is 1060. The van der Waals surface area contributed by atoms with Crippen molar-refractivity contribution in [2.75, 3.05) is 17.3 Å². The zero-order valence-electron chi connectivity index (χ0n) is 16.3. The van der Waals surface area contributed by atoms with Crippen LogP contribution < -0.4 is 10.2 Å². The van der Waals surface area contributed by atoms with E-state index in [0.717, 1.165) is 23.4 Å². The predicted molar refractivity (Wildman–Crippen MR) is 116 cm³/mol. The van der Waals surface area contributed by atoms with E-state index in [4.69, 9.17) is 0 Å². The zero-order valence-corrected chi connectivity index (χ0v) is 16.3. The summed E-state index contributed by atoms with van der Waals surface area (Å²) in [5.74, 6) is 0.752. The summed E-state index contributed by atoms with van der Waals surface area (Å²) in [6, 6.07) is 20.1. The van der Waals surface area contributed by atoms with E-state index >= 15 is 0 Å². The minimum Gasteiger partial charge on any atom is -0.378 e. The molecule has 1 amide bonds. The Kier molecular flexibility index (Phi) is 4.39. The molecule has 0 spiro atoms. The number of pyridine rings is 1. The average molecular weight is 381 g/mol. The van der Waals surface area contributed by atoms with E-state index < -0.39 is 0 Å². The normalized spacial score (nSPS) is 21.8. The van der Waals surface area contributed by atoms with E-state index in [0.29, 0.717) is 11.8 Å². The van der Waals surface area contributed by atoms with Gasteiger partial charge in [-0.15, -0.1) is 0 Å². The SMILES string of the molecule is CN(C(=O)c1ccc2c(c1)C1C=CCC1C(c1cccnc1)N2)c1ccccc1. The molecule has 3 aromatic rings. The van der Waals surface area contributed by atoms with Crippen LogP contribution in [0.15, 0.2) is 85.2 Å². The van der Waals surface area contributed by atoms with Gasteiger partial charge in [0.1, 0.15) is 0 Å². The summed E-state index contributed by atoms with van der Waals surface area (Å²) >= 11 is 0. The van der Waals surface area contributed by atoms with Crippen molar-refractivity contribution >= 4 is 17.3 Å². The largest absolute Gasteiger partial charge is 0.378 e. The summed E-state index contributed by atoms with van der Waals surface area (Å²) in [6.07, 6.45) is 9.35. The monoisotopic (exact) mass is 381 g/mol. The Balaban J connectivity index is 1.48. The van der Waals surface area contributed by atoms with Crippen molar-refractivity contribution in [3.8, 4) is 0 Å². The lowest BCUT2D eigenvalue weighted by molar-refractivity contribution is 0.0993. The smallest absolute Gasteiger partial charge is 0.258 e. The van der Waals surface area contributed by atoms with Gasteiger partial charge in [-0.2, -0.15) is 0 Å². The average Bonchev–Trinajstić information content (AvgIpc) is 3.29. The number of anilines is 2. The van der Waals surface area contributed by atoms with Gasteiger partial charge in [0.05, 0.1) is 6.04 Å². The first-order valence-corrected chi connectivity index (χ1v) is 10.0. The lowest BCUT2D eigenvalue weighted by atomic mass is 9.77. The van der Waals surface area contributed by atoms with Crippen molar-refractivity contribution < 1.29 is 4.79 Å². The second-order valence-electron chi connectivity index (χ2n) is 7.76. The van der Waals surface area contributed by atoms with Gasteiger partial charge >= 0.3 is 0 Å². The first-order chi connectivity index (χ1) is 14.2. The number of hydrogen-bond donors (Lipinski definition) is 1. The number of nitrogens with one attached hydrogen (secondary N) is 1. The number of nitrogens with zero attached hydrogens (tertiary/aromatic N) is 2. The highest BCUT2D eigenvalue weighted by Gasteiger charge is 2.38. The molecule has 0 saturated heterocycles. The topological polar surface area (TPSA) is 45.2 Å². The standard InChI is InChI=1S/C25H23N3O/c1-28(19-8-3-2-4-9-19)25(29)17-12-13-23-22(15-17)20-10-5-11-21(20)24(27-23)18-7-6-14-26-16-18/h2-10,12-16,20-21,24,27H,11H2,1H3. The quantitative estimate of drug-likeness (QED) is 0.636. The summed E-state index contributed by atoms with van der Waals surface area (Å²) in [7, 11) is 1.83. The van der Waals surface area contributed by atoms with E-state index in [1.165, 1.54) is 11.1 Å². The molecule has 2 heterocycles. The first kappa shape index (κ1) is 17.7. The van der Waals surface area contributed by atoms with Gasteiger partial charge in [-0.1, -0.05) is 36.4 Å². The van der Waals surface area contributed by atoms with Crippen LogP contribution in [-0.2, 0) is 0 Å². The Morgan fingerprint density at radius 1 is 1.10 bits per heavy atom. The van der Waals surface area contributed by atoms with Gasteiger partial charge in [-0.05, 0) is 59.9 Å². The summed E-state index contributed by atoms with van der Waals surface area (Å²) < 4.78 is 0. The van der Waals surface area contributed by atoms with Gasteiger partial charge in [0.2, 0.25) is 0 Å². The van der Waals surface area contributed by atoms with Crippen molar-refractivity contribution in [1.29, 1.82) is 0 Å². The van der Waals surface area contributed by atoms with E-state index in [9.17, 15) is 4.79 Å². The predicted octanol–water partition coefficient (Wildman–Crippen LogP) is 5.18. The third kappa shape index (κ3) is 3.11. The summed E-state index contributed by atoms with van der Waals surface area (Å²) in [5.41, 5.74) is 5.13. The molecule has 3 atom stereocenters. The fourth-order valence-corrected chi connectivity index (χ4v) is 4.58. The maximum absolute atomic E-state index is 13.1. The first-order valence-electron chi connectivity index (χ1n) is 10.0. The van der Waals surface area contributed by atoms with E-state index in [-0.39, 0.29) is 11.9 Å². The number of rotatable bonds is 3. The molecule has 0 bridgehead atoms. The molecule has 144 valence electrons. The lowest BCUT2D eigenvalue weighted by Crippen LogP contribution is -2.30. The van der Waals surface area contributed by atoms with Gasteiger partial charge in [0, 0.05) is 42.3 Å². The number of amides is 1. The molecule has 1 N–H and O–H groups in total. The molecule has 1 aliphatic carbocycles. The summed E-state index contributed by atoms with van der Waals surface area (Å²) in [5, 5.41) is 3.71.